The van der Waals surface area contributed by atoms with Gasteiger partial charge in [0, 0.05) is 20.6 Å². The maximum atomic E-state index is 12.0. The van der Waals surface area contributed by atoms with Crippen molar-refractivity contribution in [2.75, 3.05) is 26.1 Å². The molecule has 13 heteroatoms. The summed E-state index contributed by atoms with van der Waals surface area (Å²) in [6.45, 7) is -0.239. The van der Waals surface area contributed by atoms with Gasteiger partial charge in [0.1, 0.15) is 6.10 Å². The van der Waals surface area contributed by atoms with Gasteiger partial charge in [0.25, 0.3) is 5.56 Å². The second-order valence-corrected chi connectivity index (χ2v) is 6.95. The third-order valence-corrected chi connectivity index (χ3v) is 4.70. The molecule has 0 spiro atoms. The summed E-state index contributed by atoms with van der Waals surface area (Å²) in [6, 6.07) is 0. The van der Waals surface area contributed by atoms with E-state index in [9.17, 15) is 19.4 Å². The number of hydrogen-bond donors (Lipinski definition) is 4. The molecule has 4 atom stereocenters. The molecule has 2 aromatic rings. The number of ether oxygens (including phenoxy) is 1. The molecule has 2 unspecified atom stereocenters. The standard InChI is InChI=1S/C12H18N5O7P/c1-13-12-15-9-8(10(19)16-12)14-5-17(9)11-7(18)3-6(24-11)4-23-25(20,21)22-2/h5-7,11,18H,3-4H2,1-2H3,(H,20,21)(H2,13,15,16,19)/t6?,7-,11-/m1/s1. The van der Waals surface area contributed by atoms with Crippen molar-refractivity contribution in [2.45, 2.75) is 24.9 Å². The molecular weight excluding hydrogens is 357 g/mol. The van der Waals surface area contributed by atoms with Crippen molar-refractivity contribution >= 4 is 24.9 Å². The van der Waals surface area contributed by atoms with Gasteiger partial charge in [-0.15, -0.1) is 0 Å². The molecule has 12 nitrogen and oxygen atoms in total. The maximum Gasteiger partial charge on any atom is 0.472 e. The average molecular weight is 375 g/mol. The van der Waals surface area contributed by atoms with Crippen LogP contribution in [-0.4, -0.2) is 62.5 Å². The first kappa shape index (κ1) is 18.0. The number of aliphatic hydroxyl groups is 1. The number of aliphatic hydroxyl groups excluding tert-OH is 1. The fourth-order valence-electron chi connectivity index (χ4n) is 2.55. The molecule has 0 aliphatic carbocycles. The molecule has 1 fully saturated rings. The number of aromatic nitrogens is 4. The van der Waals surface area contributed by atoms with Gasteiger partial charge in [-0.1, -0.05) is 0 Å². The zero-order chi connectivity index (χ0) is 18.2. The third kappa shape index (κ3) is 3.59. The number of rotatable bonds is 6. The molecule has 1 saturated heterocycles. The topological polar surface area (TPSA) is 161 Å². The van der Waals surface area contributed by atoms with Crippen molar-refractivity contribution in [3.63, 3.8) is 0 Å². The van der Waals surface area contributed by atoms with E-state index in [-0.39, 0.29) is 30.1 Å². The minimum absolute atomic E-state index is 0.105. The van der Waals surface area contributed by atoms with Gasteiger partial charge in [-0.3, -0.25) is 23.4 Å². The molecule has 25 heavy (non-hydrogen) atoms. The highest BCUT2D eigenvalue weighted by molar-refractivity contribution is 7.47. The second-order valence-electron chi connectivity index (χ2n) is 5.39. The SMILES string of the molecule is CNc1nc2c(ncn2[C@@H]2OC(COP(=O)(O)OC)C[C@H]2O)c(=O)[nH]1. The Morgan fingerprint density at radius 1 is 1.60 bits per heavy atom. The Morgan fingerprint density at radius 3 is 3.04 bits per heavy atom. The largest absolute Gasteiger partial charge is 0.472 e. The van der Waals surface area contributed by atoms with Crippen LogP contribution in [0.25, 0.3) is 11.2 Å². The van der Waals surface area contributed by atoms with Crippen molar-refractivity contribution < 1.29 is 28.3 Å². The Kier molecular flexibility index (Phi) is 4.91. The zero-order valence-corrected chi connectivity index (χ0v) is 14.3. The van der Waals surface area contributed by atoms with Gasteiger partial charge in [0.2, 0.25) is 5.95 Å². The monoisotopic (exact) mass is 375 g/mol. The Hall–Kier alpha value is -1.82. The van der Waals surface area contributed by atoms with Crippen molar-refractivity contribution in [1.29, 1.82) is 0 Å². The van der Waals surface area contributed by atoms with E-state index >= 15 is 0 Å². The molecule has 0 saturated carbocycles. The van der Waals surface area contributed by atoms with E-state index in [2.05, 4.69) is 24.8 Å². The molecule has 1 aliphatic heterocycles. The zero-order valence-electron chi connectivity index (χ0n) is 13.4. The highest BCUT2D eigenvalue weighted by Crippen LogP contribution is 2.43. The van der Waals surface area contributed by atoms with Crippen molar-refractivity contribution in [1.82, 2.24) is 19.5 Å². The van der Waals surface area contributed by atoms with Gasteiger partial charge in [0.05, 0.1) is 19.0 Å². The van der Waals surface area contributed by atoms with Crippen LogP contribution in [0.1, 0.15) is 12.6 Å². The van der Waals surface area contributed by atoms with Crippen LogP contribution in [0.15, 0.2) is 11.1 Å². The summed E-state index contributed by atoms with van der Waals surface area (Å²) >= 11 is 0. The summed E-state index contributed by atoms with van der Waals surface area (Å²) in [4.78, 5) is 32.0. The van der Waals surface area contributed by atoms with Crippen LogP contribution in [-0.2, 0) is 18.3 Å². The Balaban J connectivity index is 1.83. The van der Waals surface area contributed by atoms with Crippen LogP contribution in [0.4, 0.5) is 5.95 Å². The van der Waals surface area contributed by atoms with Crippen LogP contribution in [0, 0.1) is 0 Å². The predicted octanol–water partition coefficient (Wildman–Crippen LogP) is -0.427. The van der Waals surface area contributed by atoms with Gasteiger partial charge in [-0.2, -0.15) is 4.98 Å². The van der Waals surface area contributed by atoms with E-state index in [0.29, 0.717) is 0 Å². The normalized spacial score (nSPS) is 26.0. The number of nitrogens with zero attached hydrogens (tertiary/aromatic N) is 3. The summed E-state index contributed by atoms with van der Waals surface area (Å²) in [7, 11) is -1.48. The number of fused-ring (bicyclic) bond motifs is 1. The highest BCUT2D eigenvalue weighted by atomic mass is 31.2. The Morgan fingerprint density at radius 2 is 2.36 bits per heavy atom. The Bertz CT molecular complexity index is 867. The van der Waals surface area contributed by atoms with Crippen LogP contribution in [0.5, 0.6) is 0 Å². The number of phosphoric acid groups is 1. The fraction of sp³-hybridized carbons (Fsp3) is 0.583. The number of phosphoric ester groups is 1. The lowest BCUT2D eigenvalue weighted by Crippen LogP contribution is -2.20. The lowest BCUT2D eigenvalue weighted by molar-refractivity contribution is -0.0485. The molecule has 0 radical (unpaired) electrons. The lowest BCUT2D eigenvalue weighted by atomic mass is 10.2. The number of imidazole rings is 1. The minimum Gasteiger partial charge on any atom is -0.388 e. The van der Waals surface area contributed by atoms with Crippen LogP contribution in [0.3, 0.4) is 0 Å². The second kappa shape index (κ2) is 6.83. The summed E-state index contributed by atoms with van der Waals surface area (Å²) in [5, 5.41) is 13.0. The number of nitrogens with one attached hydrogen (secondary N) is 2. The van der Waals surface area contributed by atoms with E-state index in [1.807, 2.05) is 0 Å². The molecular formula is C12H18N5O7P. The highest BCUT2D eigenvalue weighted by Gasteiger charge is 2.37. The molecule has 1 aliphatic rings. The first-order valence-corrected chi connectivity index (χ1v) is 8.85. The van der Waals surface area contributed by atoms with Crippen molar-refractivity contribution in [2.24, 2.45) is 0 Å². The molecule has 3 heterocycles. The predicted molar refractivity (Wildman–Crippen MR) is 85.0 cm³/mol. The maximum absolute atomic E-state index is 12.0. The summed E-state index contributed by atoms with van der Waals surface area (Å²) in [5.41, 5.74) is -0.0843. The van der Waals surface area contributed by atoms with E-state index in [4.69, 9.17) is 9.26 Å². The van der Waals surface area contributed by atoms with Gasteiger partial charge in [-0.25, -0.2) is 9.55 Å². The van der Waals surface area contributed by atoms with E-state index in [0.717, 1.165) is 7.11 Å². The third-order valence-electron chi connectivity index (χ3n) is 3.76. The molecule has 0 amide bonds. The van der Waals surface area contributed by atoms with Crippen LogP contribution >= 0.6 is 7.82 Å². The van der Waals surface area contributed by atoms with Gasteiger partial charge in [0.15, 0.2) is 17.4 Å². The summed E-state index contributed by atoms with van der Waals surface area (Å²) in [6.07, 6.45) is -0.936. The lowest BCUT2D eigenvalue weighted by Gasteiger charge is -2.17. The summed E-state index contributed by atoms with van der Waals surface area (Å²) in [5.74, 6) is 0.243. The van der Waals surface area contributed by atoms with Crippen molar-refractivity contribution in [3.05, 3.63) is 16.7 Å². The molecule has 138 valence electrons. The molecule has 2 aromatic heterocycles. The quantitative estimate of drug-likeness (QED) is 0.488. The molecule has 0 bridgehead atoms. The molecule has 4 N–H and O–H groups in total. The number of aromatic amines is 1. The molecule has 3 rings (SSSR count). The van der Waals surface area contributed by atoms with E-state index in [1.165, 1.54) is 10.9 Å². The number of anilines is 1. The fourth-order valence-corrected chi connectivity index (χ4v) is 3.01. The van der Waals surface area contributed by atoms with Crippen LogP contribution in [0.2, 0.25) is 0 Å². The van der Waals surface area contributed by atoms with Gasteiger partial charge >= 0.3 is 7.82 Å². The van der Waals surface area contributed by atoms with E-state index < -0.39 is 31.8 Å². The average Bonchev–Trinajstić information content (AvgIpc) is 3.16. The summed E-state index contributed by atoms with van der Waals surface area (Å²) < 4.78 is 27.5. The number of H-pyrrole nitrogens is 1. The van der Waals surface area contributed by atoms with Gasteiger partial charge < -0.3 is 20.1 Å². The number of hydrogen-bond acceptors (Lipinski definition) is 9. The van der Waals surface area contributed by atoms with E-state index in [1.54, 1.807) is 7.05 Å². The van der Waals surface area contributed by atoms with Gasteiger partial charge in [-0.05, 0) is 0 Å². The first-order valence-electron chi connectivity index (χ1n) is 7.36. The minimum atomic E-state index is -4.13. The first-order chi connectivity index (χ1) is 11.8. The van der Waals surface area contributed by atoms with Crippen LogP contribution < -0.4 is 10.9 Å². The molecule has 0 aromatic carbocycles. The Labute approximate surface area is 141 Å². The van der Waals surface area contributed by atoms with Crippen molar-refractivity contribution in [3.8, 4) is 0 Å². The smallest absolute Gasteiger partial charge is 0.388 e.